The summed E-state index contributed by atoms with van der Waals surface area (Å²) in [5.74, 6) is -2.01. The van der Waals surface area contributed by atoms with Crippen LogP contribution in [0.15, 0.2) is 0 Å². The number of rotatable bonds is 6. The van der Waals surface area contributed by atoms with E-state index in [1.807, 2.05) is 0 Å². The Hall–Kier alpha value is -1.46. The minimum atomic E-state index is -1.50. The van der Waals surface area contributed by atoms with Gasteiger partial charge in [-0.1, -0.05) is 0 Å². The summed E-state index contributed by atoms with van der Waals surface area (Å²) in [5.41, 5.74) is -1.50. The number of Topliss-reactive ketones (excluding diaryl/α,β-unsaturated/α-hetero) is 1. The Kier molecular flexibility index (Phi) is 5.07. The summed E-state index contributed by atoms with van der Waals surface area (Å²) in [7, 11) is 0. The van der Waals surface area contributed by atoms with E-state index in [2.05, 4.69) is 0 Å². The van der Waals surface area contributed by atoms with E-state index in [9.17, 15) is 19.7 Å². The molecule has 0 aliphatic rings. The van der Waals surface area contributed by atoms with Crippen LogP contribution in [0, 0.1) is 16.0 Å². The van der Waals surface area contributed by atoms with Gasteiger partial charge in [0.15, 0.2) is 0 Å². The second kappa shape index (κ2) is 5.58. The molecule has 0 fully saturated rings. The van der Waals surface area contributed by atoms with E-state index in [-0.39, 0.29) is 18.8 Å². The van der Waals surface area contributed by atoms with Gasteiger partial charge in [0.05, 0.1) is 6.61 Å². The summed E-state index contributed by atoms with van der Waals surface area (Å²) < 4.78 is 4.75. The minimum Gasteiger partial charge on any atom is -0.466 e. The van der Waals surface area contributed by atoms with Crippen LogP contribution in [0.5, 0.6) is 0 Å². The molecule has 16 heavy (non-hydrogen) atoms. The molecule has 1 unspecified atom stereocenters. The molecule has 6 nitrogen and oxygen atoms in total. The normalized spacial score (nSPS) is 13.0. The Morgan fingerprint density at radius 1 is 1.44 bits per heavy atom. The van der Waals surface area contributed by atoms with Crippen molar-refractivity contribution in [2.24, 2.45) is 5.92 Å². The third-order valence-electron chi connectivity index (χ3n) is 2.39. The highest BCUT2D eigenvalue weighted by Crippen LogP contribution is 2.25. The maximum absolute atomic E-state index is 11.6. The second-order valence-electron chi connectivity index (χ2n) is 4.12. The van der Waals surface area contributed by atoms with Crippen molar-refractivity contribution in [1.29, 1.82) is 0 Å². The number of ketones is 1. The molecule has 0 saturated carbocycles. The molecule has 0 aromatic heterocycles. The van der Waals surface area contributed by atoms with Gasteiger partial charge in [-0.25, -0.2) is 0 Å². The van der Waals surface area contributed by atoms with Crippen LogP contribution in [0.1, 0.15) is 34.1 Å². The zero-order chi connectivity index (χ0) is 12.9. The molecule has 6 heteroatoms. The summed E-state index contributed by atoms with van der Waals surface area (Å²) in [6.07, 6.45) is -0.174. The Morgan fingerprint density at radius 3 is 2.25 bits per heavy atom. The fourth-order valence-electron chi connectivity index (χ4n) is 1.28. The average molecular weight is 231 g/mol. The van der Waals surface area contributed by atoms with Crippen LogP contribution in [0.25, 0.3) is 0 Å². The number of nitrogens with zero attached hydrogens (tertiary/aromatic N) is 1. The first-order valence-electron chi connectivity index (χ1n) is 5.04. The zero-order valence-corrected chi connectivity index (χ0v) is 9.98. The van der Waals surface area contributed by atoms with Crippen molar-refractivity contribution in [1.82, 2.24) is 0 Å². The standard InChI is InChI=1S/C10H17NO5/c1-5-16-9(13)8(6-7(2)12)10(3,4)11(14)15/h8H,5-6H2,1-4H3. The first-order chi connectivity index (χ1) is 7.23. The number of carbonyl (C=O) groups is 2. The highest BCUT2D eigenvalue weighted by molar-refractivity contribution is 5.83. The Balaban J connectivity index is 5.00. The largest absolute Gasteiger partial charge is 0.466 e. The Morgan fingerprint density at radius 2 is 1.94 bits per heavy atom. The summed E-state index contributed by atoms with van der Waals surface area (Å²) in [6, 6.07) is 0. The topological polar surface area (TPSA) is 86.5 Å². The third-order valence-corrected chi connectivity index (χ3v) is 2.39. The lowest BCUT2D eigenvalue weighted by molar-refractivity contribution is -0.568. The highest BCUT2D eigenvalue weighted by Gasteiger charge is 2.46. The molecule has 0 amide bonds. The first kappa shape index (κ1) is 14.5. The fraction of sp³-hybridized carbons (Fsp3) is 0.800. The van der Waals surface area contributed by atoms with E-state index in [1.54, 1.807) is 6.92 Å². The SMILES string of the molecule is CCOC(=O)C(CC(C)=O)C(C)(C)[N+](=O)[O-]. The van der Waals surface area contributed by atoms with E-state index in [1.165, 1.54) is 20.8 Å². The fourth-order valence-corrected chi connectivity index (χ4v) is 1.28. The molecule has 0 spiro atoms. The average Bonchev–Trinajstić information content (AvgIpc) is 2.13. The molecule has 0 rings (SSSR count). The van der Waals surface area contributed by atoms with Crippen molar-refractivity contribution in [3.05, 3.63) is 10.1 Å². The van der Waals surface area contributed by atoms with Crippen LogP contribution >= 0.6 is 0 Å². The summed E-state index contributed by atoms with van der Waals surface area (Å²) in [4.78, 5) is 32.8. The summed E-state index contributed by atoms with van der Waals surface area (Å²) in [6.45, 7) is 5.68. The van der Waals surface area contributed by atoms with Crippen molar-refractivity contribution < 1.29 is 19.2 Å². The van der Waals surface area contributed by atoms with Crippen LogP contribution < -0.4 is 0 Å². The third kappa shape index (κ3) is 3.60. The van der Waals surface area contributed by atoms with Crippen molar-refractivity contribution in [2.75, 3.05) is 6.61 Å². The lowest BCUT2D eigenvalue weighted by Gasteiger charge is -2.24. The number of nitro groups is 1. The maximum atomic E-state index is 11.6. The predicted molar refractivity (Wildman–Crippen MR) is 56.5 cm³/mol. The van der Waals surface area contributed by atoms with Gasteiger partial charge in [-0.2, -0.15) is 0 Å². The van der Waals surface area contributed by atoms with Crippen LogP contribution in [-0.4, -0.2) is 28.8 Å². The van der Waals surface area contributed by atoms with Gasteiger partial charge in [-0.05, 0) is 13.8 Å². The van der Waals surface area contributed by atoms with E-state index in [4.69, 9.17) is 4.74 Å². The molecule has 0 aromatic carbocycles. The van der Waals surface area contributed by atoms with Gasteiger partial charge in [0.1, 0.15) is 11.7 Å². The van der Waals surface area contributed by atoms with Crippen LogP contribution in [0.2, 0.25) is 0 Å². The van der Waals surface area contributed by atoms with Gasteiger partial charge in [0.25, 0.3) is 0 Å². The molecular formula is C10H17NO5. The molecule has 0 aliphatic carbocycles. The smallest absolute Gasteiger partial charge is 0.316 e. The zero-order valence-electron chi connectivity index (χ0n) is 9.98. The lowest BCUT2D eigenvalue weighted by Crippen LogP contribution is -2.45. The van der Waals surface area contributed by atoms with Gasteiger partial charge in [-0.15, -0.1) is 0 Å². The van der Waals surface area contributed by atoms with Crippen molar-refractivity contribution in [3.8, 4) is 0 Å². The number of hydrogen-bond acceptors (Lipinski definition) is 5. The lowest BCUT2D eigenvalue weighted by atomic mass is 9.84. The van der Waals surface area contributed by atoms with Gasteiger partial charge < -0.3 is 4.74 Å². The van der Waals surface area contributed by atoms with Gasteiger partial charge in [0.2, 0.25) is 5.54 Å². The van der Waals surface area contributed by atoms with Crippen LogP contribution in [0.4, 0.5) is 0 Å². The monoisotopic (exact) mass is 231 g/mol. The number of esters is 1. The molecule has 0 heterocycles. The summed E-state index contributed by atoms with van der Waals surface area (Å²) in [5, 5.41) is 10.8. The Labute approximate surface area is 94.1 Å². The highest BCUT2D eigenvalue weighted by atomic mass is 16.6. The van der Waals surface area contributed by atoms with Crippen molar-refractivity contribution >= 4 is 11.8 Å². The minimum absolute atomic E-state index is 0.140. The van der Waals surface area contributed by atoms with Gasteiger partial charge in [0, 0.05) is 25.2 Å². The van der Waals surface area contributed by atoms with E-state index < -0.39 is 22.3 Å². The number of ether oxygens (including phenoxy) is 1. The van der Waals surface area contributed by atoms with Crippen LogP contribution in [-0.2, 0) is 14.3 Å². The van der Waals surface area contributed by atoms with E-state index >= 15 is 0 Å². The molecule has 1 atom stereocenters. The van der Waals surface area contributed by atoms with Crippen molar-refractivity contribution in [3.63, 3.8) is 0 Å². The van der Waals surface area contributed by atoms with Crippen molar-refractivity contribution in [2.45, 2.75) is 39.7 Å². The quantitative estimate of drug-likeness (QED) is 0.389. The summed E-state index contributed by atoms with van der Waals surface area (Å²) >= 11 is 0. The predicted octanol–water partition coefficient (Wildman–Crippen LogP) is 1.20. The molecule has 0 bridgehead atoms. The van der Waals surface area contributed by atoms with Gasteiger partial charge in [-0.3, -0.25) is 19.7 Å². The van der Waals surface area contributed by atoms with Crippen LogP contribution in [0.3, 0.4) is 0 Å². The van der Waals surface area contributed by atoms with E-state index in [0.717, 1.165) is 0 Å². The number of carbonyl (C=O) groups excluding carboxylic acids is 2. The maximum Gasteiger partial charge on any atom is 0.316 e. The number of hydrogen-bond donors (Lipinski definition) is 0. The van der Waals surface area contributed by atoms with Gasteiger partial charge >= 0.3 is 5.97 Å². The molecule has 0 N–H and O–H groups in total. The molecule has 92 valence electrons. The Bertz CT molecular complexity index is 298. The first-order valence-corrected chi connectivity index (χ1v) is 5.04. The molecule has 0 radical (unpaired) electrons. The molecular weight excluding hydrogens is 214 g/mol. The molecule has 0 aromatic rings. The molecule has 0 saturated heterocycles. The molecule has 0 aliphatic heterocycles. The second-order valence-corrected chi connectivity index (χ2v) is 4.12. The van der Waals surface area contributed by atoms with E-state index in [0.29, 0.717) is 0 Å².